The highest BCUT2D eigenvalue weighted by Crippen LogP contribution is 2.13. The van der Waals surface area contributed by atoms with Crippen LogP contribution in [0.4, 0.5) is 4.79 Å². The number of nitrogens with zero attached hydrogens (tertiary/aromatic N) is 1. The first-order chi connectivity index (χ1) is 13.3. The third kappa shape index (κ3) is 16.6. The summed E-state index contributed by atoms with van der Waals surface area (Å²) in [5.74, 6) is -0.385. The third-order valence-electron chi connectivity index (χ3n) is 4.51. The van der Waals surface area contributed by atoms with E-state index in [9.17, 15) is 14.4 Å². The van der Waals surface area contributed by atoms with Gasteiger partial charge in [-0.25, -0.2) is 4.79 Å². The fourth-order valence-corrected chi connectivity index (χ4v) is 2.97. The molecular weight excluding hydrogens is 354 g/mol. The zero-order chi connectivity index (χ0) is 21.3. The molecule has 0 saturated heterocycles. The van der Waals surface area contributed by atoms with Crippen molar-refractivity contribution >= 4 is 23.9 Å². The van der Waals surface area contributed by atoms with Gasteiger partial charge in [-0.2, -0.15) is 4.99 Å². The molecular formula is C23H41NO4. The van der Waals surface area contributed by atoms with Crippen LogP contribution >= 0.6 is 0 Å². The van der Waals surface area contributed by atoms with E-state index in [1.165, 1.54) is 64.2 Å². The maximum Gasteiger partial charge on any atom is 0.434 e. The molecule has 0 unspecified atom stereocenters. The molecule has 0 atom stereocenters. The topological polar surface area (TPSA) is 72.8 Å². The third-order valence-corrected chi connectivity index (χ3v) is 4.51. The van der Waals surface area contributed by atoms with Crippen LogP contribution in [-0.2, 0) is 14.3 Å². The van der Waals surface area contributed by atoms with Crippen LogP contribution in [0.25, 0.3) is 0 Å². The van der Waals surface area contributed by atoms with E-state index in [-0.39, 0.29) is 17.9 Å². The molecule has 0 N–H and O–H groups in total. The Morgan fingerprint density at radius 1 is 0.786 bits per heavy atom. The molecule has 0 spiro atoms. The van der Waals surface area contributed by atoms with Crippen LogP contribution in [-0.4, -0.2) is 29.5 Å². The molecule has 5 heteroatoms. The Balaban J connectivity index is 3.74. The summed E-state index contributed by atoms with van der Waals surface area (Å²) >= 11 is 0. The average Bonchev–Trinajstić information content (AvgIpc) is 2.61. The Bertz CT molecular complexity index is 477. The lowest BCUT2D eigenvalue weighted by atomic mass is 10.0. The lowest BCUT2D eigenvalue weighted by molar-refractivity contribution is -0.114. The summed E-state index contributed by atoms with van der Waals surface area (Å²) in [5.41, 5.74) is -1.04. The zero-order valence-electron chi connectivity index (χ0n) is 18.6. The van der Waals surface area contributed by atoms with E-state index >= 15 is 0 Å². The van der Waals surface area contributed by atoms with E-state index in [2.05, 4.69) is 11.9 Å². The van der Waals surface area contributed by atoms with Gasteiger partial charge < -0.3 is 4.74 Å². The predicted octanol–water partition coefficient (Wildman–Crippen LogP) is 6.61. The maximum atomic E-state index is 12.0. The molecule has 162 valence electrons. The van der Waals surface area contributed by atoms with Gasteiger partial charge in [0.05, 0.1) is 0 Å². The van der Waals surface area contributed by atoms with Gasteiger partial charge in [0.2, 0.25) is 0 Å². The van der Waals surface area contributed by atoms with E-state index in [0.29, 0.717) is 6.29 Å². The van der Waals surface area contributed by atoms with Gasteiger partial charge in [0.25, 0.3) is 0 Å². The molecule has 0 aliphatic carbocycles. The van der Waals surface area contributed by atoms with Crippen molar-refractivity contribution < 1.29 is 19.1 Å². The molecule has 0 heterocycles. The van der Waals surface area contributed by atoms with Crippen LogP contribution in [0.1, 0.15) is 118 Å². The van der Waals surface area contributed by atoms with E-state index in [1.807, 2.05) is 0 Å². The van der Waals surface area contributed by atoms with Gasteiger partial charge in [-0.3, -0.25) is 9.59 Å². The molecule has 0 rings (SSSR count). The minimum absolute atomic E-state index is 0.248. The van der Waals surface area contributed by atoms with Gasteiger partial charge in [-0.15, -0.1) is 0 Å². The number of ketones is 1. The van der Waals surface area contributed by atoms with Crippen molar-refractivity contribution in [2.24, 2.45) is 4.99 Å². The van der Waals surface area contributed by atoms with Crippen molar-refractivity contribution in [2.75, 3.05) is 0 Å². The molecule has 0 fully saturated rings. The van der Waals surface area contributed by atoms with Gasteiger partial charge in [0.15, 0.2) is 17.8 Å². The second kappa shape index (κ2) is 16.4. The molecule has 0 aliphatic rings. The molecule has 0 aromatic rings. The first-order valence-electron chi connectivity index (χ1n) is 11.1. The van der Waals surface area contributed by atoms with Crippen molar-refractivity contribution in [1.29, 1.82) is 0 Å². The smallest absolute Gasteiger partial charge is 0.434 e. The van der Waals surface area contributed by atoms with E-state index in [1.54, 1.807) is 20.8 Å². The van der Waals surface area contributed by atoms with Crippen LogP contribution in [0.3, 0.4) is 0 Å². The van der Waals surface area contributed by atoms with Crippen LogP contribution in [0.2, 0.25) is 0 Å². The number of amides is 1. The van der Waals surface area contributed by atoms with Gasteiger partial charge in [0, 0.05) is 6.42 Å². The van der Waals surface area contributed by atoms with Crippen molar-refractivity contribution in [1.82, 2.24) is 0 Å². The normalized spacial score (nSPS) is 12.1. The molecule has 0 aromatic heterocycles. The van der Waals surface area contributed by atoms with Gasteiger partial charge in [-0.05, 0) is 27.2 Å². The molecule has 0 saturated carbocycles. The number of hydrogen-bond acceptors (Lipinski definition) is 4. The number of aldehydes is 1. The van der Waals surface area contributed by atoms with E-state index in [4.69, 9.17) is 4.74 Å². The lowest BCUT2D eigenvalue weighted by Gasteiger charge is -2.17. The standard InChI is InChI=1S/C23H41NO4/c1-5-6-7-8-9-10-11-12-13-14-15-16-17-18-21(26)20(19-25)24-22(27)28-23(2,3)4/h19H,5-18H2,1-4H3/b24-20-. The van der Waals surface area contributed by atoms with Crippen LogP contribution in [0.5, 0.6) is 0 Å². The maximum absolute atomic E-state index is 12.0. The molecule has 0 aromatic carbocycles. The summed E-state index contributed by atoms with van der Waals surface area (Å²) in [4.78, 5) is 38.1. The Morgan fingerprint density at radius 2 is 1.21 bits per heavy atom. The van der Waals surface area contributed by atoms with E-state index in [0.717, 1.165) is 19.3 Å². The van der Waals surface area contributed by atoms with Crippen molar-refractivity contribution in [3.05, 3.63) is 0 Å². The van der Waals surface area contributed by atoms with Crippen molar-refractivity contribution in [3.63, 3.8) is 0 Å². The van der Waals surface area contributed by atoms with Gasteiger partial charge >= 0.3 is 6.09 Å². The van der Waals surface area contributed by atoms with Gasteiger partial charge in [-0.1, -0.05) is 84.0 Å². The molecule has 0 bridgehead atoms. The molecule has 5 nitrogen and oxygen atoms in total. The largest absolute Gasteiger partial charge is 0.442 e. The number of hydrogen-bond donors (Lipinski definition) is 0. The van der Waals surface area contributed by atoms with Crippen LogP contribution < -0.4 is 0 Å². The summed E-state index contributed by atoms with van der Waals surface area (Å²) in [6.45, 7) is 7.36. The Labute approximate surface area is 171 Å². The van der Waals surface area contributed by atoms with E-state index < -0.39 is 11.7 Å². The predicted molar refractivity (Wildman–Crippen MR) is 115 cm³/mol. The summed E-state index contributed by atoms with van der Waals surface area (Å²) < 4.78 is 5.00. The summed E-state index contributed by atoms with van der Waals surface area (Å²) in [7, 11) is 0. The molecule has 1 amide bonds. The highest BCUT2D eigenvalue weighted by Gasteiger charge is 2.18. The van der Waals surface area contributed by atoms with Crippen LogP contribution in [0.15, 0.2) is 4.99 Å². The monoisotopic (exact) mass is 395 g/mol. The number of unbranched alkanes of at least 4 members (excludes halogenated alkanes) is 12. The highest BCUT2D eigenvalue weighted by molar-refractivity contribution is 6.61. The average molecular weight is 396 g/mol. The fourth-order valence-electron chi connectivity index (χ4n) is 2.97. The Kier molecular flexibility index (Phi) is 15.5. The summed E-state index contributed by atoms with van der Waals surface area (Å²) in [6.07, 6.45) is 15.7. The quantitative estimate of drug-likeness (QED) is 0.127. The fraction of sp³-hybridized carbons (Fsp3) is 0.826. The minimum Gasteiger partial charge on any atom is -0.442 e. The zero-order valence-corrected chi connectivity index (χ0v) is 18.6. The summed E-state index contributed by atoms with van der Waals surface area (Å²) in [6, 6.07) is 0. The molecule has 28 heavy (non-hydrogen) atoms. The molecule has 0 aliphatic heterocycles. The number of carbonyl (C=O) groups excluding carboxylic acids is 3. The van der Waals surface area contributed by atoms with Crippen molar-refractivity contribution in [2.45, 2.75) is 123 Å². The SMILES string of the molecule is CCCCCCCCCCCCCCCC(=O)/C(C=O)=N\C(=O)OC(C)(C)C. The highest BCUT2D eigenvalue weighted by atomic mass is 16.6. The number of ether oxygens (including phenoxy) is 1. The minimum atomic E-state index is -0.895. The van der Waals surface area contributed by atoms with Crippen LogP contribution in [0, 0.1) is 0 Å². The Hall–Kier alpha value is -1.52. The number of aliphatic imine (C=N–C) groups is 1. The first kappa shape index (κ1) is 26.5. The second-order valence-corrected chi connectivity index (χ2v) is 8.51. The van der Waals surface area contributed by atoms with Crippen molar-refractivity contribution in [3.8, 4) is 0 Å². The summed E-state index contributed by atoms with van der Waals surface area (Å²) in [5, 5.41) is 0. The number of Topliss-reactive ketones (excluding diaryl/α,β-unsaturated/α-hetero) is 1. The Morgan fingerprint density at radius 3 is 1.61 bits per heavy atom. The first-order valence-corrected chi connectivity index (χ1v) is 11.1. The second-order valence-electron chi connectivity index (χ2n) is 8.51. The molecule has 0 radical (unpaired) electrons. The number of carbonyl (C=O) groups is 3. The van der Waals surface area contributed by atoms with Gasteiger partial charge in [0.1, 0.15) is 5.60 Å². The number of rotatable bonds is 16. The lowest BCUT2D eigenvalue weighted by Crippen LogP contribution is -2.24.